The summed E-state index contributed by atoms with van der Waals surface area (Å²) in [6.45, 7) is 12.9. The predicted molar refractivity (Wildman–Crippen MR) is 150 cm³/mol. The molecule has 3 heterocycles. The number of rotatable bonds is 6. The van der Waals surface area contributed by atoms with E-state index in [-0.39, 0.29) is 16.8 Å². The first-order valence-electron chi connectivity index (χ1n) is 13.2. The Bertz CT molecular complexity index is 1090. The third-order valence-corrected chi connectivity index (χ3v) is 8.33. The van der Waals surface area contributed by atoms with Crippen molar-refractivity contribution in [2.75, 3.05) is 52.6 Å². The van der Waals surface area contributed by atoms with Crippen molar-refractivity contribution in [2.24, 2.45) is 5.41 Å². The second kappa shape index (κ2) is 10.1. The number of ether oxygens (including phenoxy) is 1. The summed E-state index contributed by atoms with van der Waals surface area (Å²) in [7, 11) is 0. The summed E-state index contributed by atoms with van der Waals surface area (Å²) in [6.07, 6.45) is 5.32. The number of amides is 1. The van der Waals surface area contributed by atoms with Crippen molar-refractivity contribution >= 4 is 40.9 Å². The molecule has 3 aliphatic rings. The zero-order valence-electron chi connectivity index (χ0n) is 22.0. The van der Waals surface area contributed by atoms with Gasteiger partial charge in [0.05, 0.1) is 24.0 Å². The van der Waals surface area contributed by atoms with E-state index in [1.807, 2.05) is 30.3 Å². The maximum absolute atomic E-state index is 13.5. The van der Waals surface area contributed by atoms with Gasteiger partial charge < -0.3 is 24.6 Å². The van der Waals surface area contributed by atoms with Crippen LogP contribution in [0.3, 0.4) is 0 Å². The number of hydrogen-bond acceptors (Lipinski definition) is 7. The highest BCUT2D eigenvalue weighted by molar-refractivity contribution is 8.01. The normalized spacial score (nSPS) is 21.4. The summed E-state index contributed by atoms with van der Waals surface area (Å²) >= 11 is 1.69. The highest BCUT2D eigenvalue weighted by Gasteiger charge is 2.44. The lowest BCUT2D eigenvalue weighted by molar-refractivity contribution is 0.0529. The molecule has 2 N–H and O–H groups in total. The van der Waals surface area contributed by atoms with Crippen LogP contribution in [0.5, 0.6) is 0 Å². The third-order valence-electron chi connectivity index (χ3n) is 7.38. The van der Waals surface area contributed by atoms with Crippen LogP contribution < -0.4 is 19.8 Å². The molecule has 1 aromatic heterocycles. The lowest BCUT2D eigenvalue weighted by Crippen LogP contribution is -2.41. The van der Waals surface area contributed by atoms with Gasteiger partial charge in [0.2, 0.25) is 0 Å². The first kappa shape index (κ1) is 25.2. The van der Waals surface area contributed by atoms with E-state index in [9.17, 15) is 4.79 Å². The number of carbonyl (C=O) groups excluding carboxylic acids is 1. The minimum absolute atomic E-state index is 0.0919. The Morgan fingerprint density at radius 3 is 2.56 bits per heavy atom. The monoisotopic (exact) mass is 509 g/mol. The van der Waals surface area contributed by atoms with Crippen molar-refractivity contribution in [2.45, 2.75) is 64.2 Å². The first-order chi connectivity index (χ1) is 17.2. The topological polar surface area (TPSA) is 69.7 Å². The van der Waals surface area contributed by atoms with Gasteiger partial charge in [0, 0.05) is 36.6 Å². The molecule has 36 heavy (non-hydrogen) atoms. The van der Waals surface area contributed by atoms with Gasteiger partial charge in [0.25, 0.3) is 5.91 Å². The maximum atomic E-state index is 13.5. The van der Waals surface area contributed by atoms with E-state index in [0.29, 0.717) is 23.4 Å². The lowest BCUT2D eigenvalue weighted by atomic mass is 9.93. The van der Waals surface area contributed by atoms with Crippen LogP contribution in [-0.2, 0) is 4.74 Å². The number of nitrogens with one attached hydrogen (secondary N) is 2. The van der Waals surface area contributed by atoms with Gasteiger partial charge in [-0.2, -0.15) is 0 Å². The molecular weight excluding hydrogens is 470 g/mol. The van der Waals surface area contributed by atoms with Crippen molar-refractivity contribution < 1.29 is 9.53 Å². The number of piperidine rings is 1. The SMILES string of the molecule is C[C@@H]1CN(c2cccc(NC(=O)c3ccc(NSC(C)(C)C)cc3N3CCC4(CC3)CC4)n2)CCO1. The molecule has 1 atom stereocenters. The Hall–Kier alpha value is -2.45. The number of morpholine rings is 1. The molecule has 0 bridgehead atoms. The van der Waals surface area contributed by atoms with Crippen molar-refractivity contribution in [3.63, 3.8) is 0 Å². The van der Waals surface area contributed by atoms with Crippen molar-refractivity contribution in [1.82, 2.24) is 4.98 Å². The van der Waals surface area contributed by atoms with E-state index in [4.69, 9.17) is 9.72 Å². The maximum Gasteiger partial charge on any atom is 0.258 e. The van der Waals surface area contributed by atoms with Crippen molar-refractivity contribution in [1.29, 1.82) is 0 Å². The van der Waals surface area contributed by atoms with Gasteiger partial charge in [-0.25, -0.2) is 4.98 Å². The molecule has 0 radical (unpaired) electrons. The quantitative estimate of drug-likeness (QED) is 0.477. The van der Waals surface area contributed by atoms with Gasteiger partial charge in [-0.1, -0.05) is 6.07 Å². The highest BCUT2D eigenvalue weighted by Crippen LogP contribution is 2.54. The average molecular weight is 510 g/mol. The molecule has 2 aliphatic heterocycles. The summed E-state index contributed by atoms with van der Waals surface area (Å²) in [4.78, 5) is 22.9. The Labute approximate surface area is 219 Å². The van der Waals surface area contributed by atoms with Gasteiger partial charge in [0.1, 0.15) is 11.6 Å². The van der Waals surface area contributed by atoms with Gasteiger partial charge in [-0.3, -0.25) is 4.79 Å². The zero-order chi connectivity index (χ0) is 25.3. The van der Waals surface area contributed by atoms with Crippen molar-refractivity contribution in [3.8, 4) is 0 Å². The Balaban J connectivity index is 1.35. The van der Waals surface area contributed by atoms with Crippen molar-refractivity contribution in [3.05, 3.63) is 42.0 Å². The number of nitrogens with zero attached hydrogens (tertiary/aromatic N) is 3. The molecule has 7 nitrogen and oxygen atoms in total. The minimum Gasteiger partial charge on any atom is -0.375 e. The van der Waals surface area contributed by atoms with E-state index >= 15 is 0 Å². The van der Waals surface area contributed by atoms with Crippen LogP contribution in [0.2, 0.25) is 0 Å². The highest BCUT2D eigenvalue weighted by atomic mass is 32.2. The fourth-order valence-electron chi connectivity index (χ4n) is 5.04. The molecular formula is C28H39N5O2S. The molecule has 1 aromatic carbocycles. The van der Waals surface area contributed by atoms with E-state index in [1.165, 1.54) is 25.7 Å². The molecule has 1 amide bonds. The molecule has 1 saturated carbocycles. The van der Waals surface area contributed by atoms with E-state index in [2.05, 4.69) is 53.6 Å². The summed E-state index contributed by atoms with van der Waals surface area (Å²) in [6, 6.07) is 11.9. The second-order valence-electron chi connectivity index (χ2n) is 11.5. The molecule has 2 aromatic rings. The molecule has 1 aliphatic carbocycles. The number of hydrogen-bond donors (Lipinski definition) is 2. The molecule has 3 fully saturated rings. The summed E-state index contributed by atoms with van der Waals surface area (Å²) in [5.41, 5.74) is 3.30. The molecule has 0 unspecified atom stereocenters. The van der Waals surface area contributed by atoms with Gasteiger partial charge in [0.15, 0.2) is 0 Å². The summed E-state index contributed by atoms with van der Waals surface area (Å²) in [5, 5.41) is 3.07. The number of carbonyl (C=O) groups is 1. The Kier molecular flexibility index (Phi) is 7.10. The van der Waals surface area contributed by atoms with E-state index in [1.54, 1.807) is 11.9 Å². The number of benzene rings is 1. The predicted octanol–water partition coefficient (Wildman–Crippen LogP) is 5.80. The lowest BCUT2D eigenvalue weighted by Gasteiger charge is -2.35. The number of anilines is 4. The van der Waals surface area contributed by atoms with Crippen LogP contribution in [0.1, 0.15) is 63.7 Å². The van der Waals surface area contributed by atoms with Gasteiger partial charge in [-0.15, -0.1) is 0 Å². The van der Waals surface area contributed by atoms with Crippen LogP contribution in [0.25, 0.3) is 0 Å². The Morgan fingerprint density at radius 1 is 1.08 bits per heavy atom. The molecule has 2 saturated heterocycles. The van der Waals surface area contributed by atoms with E-state index < -0.39 is 0 Å². The summed E-state index contributed by atoms with van der Waals surface area (Å²) < 4.78 is 9.24. The Morgan fingerprint density at radius 2 is 1.86 bits per heavy atom. The fourth-order valence-corrected chi connectivity index (χ4v) is 5.59. The minimum atomic E-state index is -0.119. The van der Waals surface area contributed by atoms with Crippen LogP contribution >= 0.6 is 11.9 Å². The molecule has 1 spiro atoms. The third kappa shape index (κ3) is 6.09. The smallest absolute Gasteiger partial charge is 0.258 e. The average Bonchev–Trinajstić information content (AvgIpc) is 3.61. The first-order valence-corrected chi connectivity index (χ1v) is 14.0. The van der Waals surface area contributed by atoms with Gasteiger partial charge >= 0.3 is 0 Å². The molecule has 8 heteroatoms. The largest absolute Gasteiger partial charge is 0.375 e. The number of aromatic nitrogens is 1. The van der Waals surface area contributed by atoms with Crippen LogP contribution in [0.15, 0.2) is 36.4 Å². The fraction of sp³-hybridized carbons (Fsp3) is 0.571. The molecule has 5 rings (SSSR count). The zero-order valence-corrected chi connectivity index (χ0v) is 22.8. The van der Waals surface area contributed by atoms with E-state index in [0.717, 1.165) is 43.4 Å². The molecule has 194 valence electrons. The number of pyridine rings is 1. The van der Waals surface area contributed by atoms with Gasteiger partial charge in [-0.05, 0) is 101 Å². The van der Waals surface area contributed by atoms with Crippen LogP contribution in [0, 0.1) is 5.41 Å². The summed E-state index contributed by atoms with van der Waals surface area (Å²) in [5.74, 6) is 1.32. The van der Waals surface area contributed by atoms with Crippen LogP contribution in [0.4, 0.5) is 23.0 Å². The second-order valence-corrected chi connectivity index (χ2v) is 13.1. The standard InChI is InChI=1S/C28H39N5O2S/c1-20-19-33(16-17-35-20)25-7-5-6-24(29-25)30-26(34)22-9-8-21(31-36-27(2,3)4)18-23(22)32-14-12-28(10-11-28)13-15-32/h5-9,18,20,31H,10-17,19H2,1-4H3,(H,29,30,34)/t20-/m1/s1. The van der Waals surface area contributed by atoms with Crippen LogP contribution in [-0.4, -0.2) is 54.5 Å².